The van der Waals surface area contributed by atoms with Gasteiger partial charge in [-0.1, -0.05) is 18.2 Å². The van der Waals surface area contributed by atoms with Gasteiger partial charge in [0.05, 0.1) is 18.7 Å². The minimum Gasteiger partial charge on any atom is -0.463 e. The van der Waals surface area contributed by atoms with Crippen molar-refractivity contribution in [3.63, 3.8) is 0 Å². The Morgan fingerprint density at radius 2 is 1.92 bits per heavy atom. The summed E-state index contributed by atoms with van der Waals surface area (Å²) in [6, 6.07) is 9.31. The zero-order valence-corrected chi connectivity index (χ0v) is 14.9. The number of carbonyl (C=O) groups is 2. The number of carbonyl (C=O) groups excluding carboxylic acids is 2. The van der Waals surface area contributed by atoms with Gasteiger partial charge in [-0.25, -0.2) is 19.5 Å². The first-order valence-corrected chi connectivity index (χ1v) is 8.06. The van der Waals surface area contributed by atoms with Gasteiger partial charge in [-0.3, -0.25) is 0 Å². The SMILES string of the molecule is CCOC(=O)C1=CN=C(Nc2ccccc2)N(C(=O)OC(C)(C)C)C1. The van der Waals surface area contributed by atoms with Gasteiger partial charge in [0.25, 0.3) is 0 Å². The molecular formula is C18H23N3O4. The van der Waals surface area contributed by atoms with Crippen molar-refractivity contribution in [3.05, 3.63) is 42.1 Å². The maximum atomic E-state index is 12.5. The Bertz CT molecular complexity index is 690. The summed E-state index contributed by atoms with van der Waals surface area (Å²) in [5, 5.41) is 3.07. The molecule has 7 nitrogen and oxygen atoms in total. The third kappa shape index (κ3) is 5.34. The van der Waals surface area contributed by atoms with Gasteiger partial charge in [-0.15, -0.1) is 0 Å². The largest absolute Gasteiger partial charge is 0.463 e. The van der Waals surface area contributed by atoms with Crippen LogP contribution in [-0.2, 0) is 14.3 Å². The van der Waals surface area contributed by atoms with Gasteiger partial charge in [-0.2, -0.15) is 0 Å². The van der Waals surface area contributed by atoms with Crippen LogP contribution in [0.5, 0.6) is 0 Å². The molecule has 0 aromatic heterocycles. The highest BCUT2D eigenvalue weighted by molar-refractivity contribution is 6.05. The third-order valence-corrected chi connectivity index (χ3v) is 3.11. The molecule has 1 aromatic rings. The van der Waals surface area contributed by atoms with Crippen molar-refractivity contribution >= 4 is 23.7 Å². The molecule has 2 rings (SSSR count). The van der Waals surface area contributed by atoms with E-state index >= 15 is 0 Å². The molecule has 0 spiro atoms. The minimum atomic E-state index is -0.666. The summed E-state index contributed by atoms with van der Waals surface area (Å²) < 4.78 is 10.4. The van der Waals surface area contributed by atoms with Crippen LogP contribution >= 0.6 is 0 Å². The number of rotatable bonds is 3. The molecule has 25 heavy (non-hydrogen) atoms. The summed E-state index contributed by atoms with van der Waals surface area (Å²) >= 11 is 0. The number of hydrogen-bond acceptors (Lipinski definition) is 6. The maximum absolute atomic E-state index is 12.5. The number of anilines is 1. The Hall–Kier alpha value is -2.83. The van der Waals surface area contributed by atoms with Gasteiger partial charge in [0.15, 0.2) is 0 Å². The Morgan fingerprint density at radius 3 is 2.52 bits per heavy atom. The smallest absolute Gasteiger partial charge is 0.417 e. The molecule has 1 aliphatic rings. The van der Waals surface area contributed by atoms with Gasteiger partial charge in [-0.05, 0) is 39.8 Å². The van der Waals surface area contributed by atoms with Crippen LogP contribution in [0.2, 0.25) is 0 Å². The predicted molar refractivity (Wildman–Crippen MR) is 95.2 cm³/mol. The number of nitrogens with zero attached hydrogens (tertiary/aromatic N) is 2. The van der Waals surface area contributed by atoms with Gasteiger partial charge in [0.2, 0.25) is 5.96 Å². The zero-order valence-electron chi connectivity index (χ0n) is 14.9. The molecule has 0 atom stereocenters. The molecule has 7 heteroatoms. The second-order valence-corrected chi connectivity index (χ2v) is 6.39. The summed E-state index contributed by atoms with van der Waals surface area (Å²) in [4.78, 5) is 30.0. The van der Waals surface area contributed by atoms with Crippen LogP contribution in [0.1, 0.15) is 27.7 Å². The monoisotopic (exact) mass is 345 g/mol. The summed E-state index contributed by atoms with van der Waals surface area (Å²) in [7, 11) is 0. The van der Waals surface area contributed by atoms with Crippen LogP contribution in [0.4, 0.5) is 10.5 Å². The number of esters is 1. The van der Waals surface area contributed by atoms with Crippen molar-refractivity contribution in [1.82, 2.24) is 4.90 Å². The van der Waals surface area contributed by atoms with Crippen molar-refractivity contribution in [3.8, 4) is 0 Å². The van der Waals surface area contributed by atoms with Gasteiger partial charge in [0, 0.05) is 11.9 Å². The zero-order chi connectivity index (χ0) is 18.4. The molecule has 0 bridgehead atoms. The van der Waals surface area contributed by atoms with E-state index in [1.807, 2.05) is 30.3 Å². The average molecular weight is 345 g/mol. The summed E-state index contributed by atoms with van der Waals surface area (Å²) in [5.74, 6) is -0.216. The van der Waals surface area contributed by atoms with E-state index in [-0.39, 0.29) is 24.7 Å². The molecule has 1 aromatic carbocycles. The fourth-order valence-corrected chi connectivity index (χ4v) is 2.05. The first-order chi connectivity index (χ1) is 11.8. The van der Waals surface area contributed by atoms with E-state index in [0.29, 0.717) is 0 Å². The summed E-state index contributed by atoms with van der Waals surface area (Å²) in [6.45, 7) is 7.32. The lowest BCUT2D eigenvalue weighted by molar-refractivity contribution is -0.138. The van der Waals surface area contributed by atoms with Gasteiger partial charge < -0.3 is 14.8 Å². The number of guanidine groups is 1. The number of amides is 1. The van der Waals surface area contributed by atoms with Crippen molar-refractivity contribution in [2.45, 2.75) is 33.3 Å². The number of ether oxygens (including phenoxy) is 2. The van der Waals surface area contributed by atoms with Gasteiger partial charge >= 0.3 is 12.1 Å². The lowest BCUT2D eigenvalue weighted by Crippen LogP contribution is -2.47. The van der Waals surface area contributed by atoms with Crippen LogP contribution in [0.15, 0.2) is 47.1 Å². The molecule has 0 fully saturated rings. The van der Waals surface area contributed by atoms with Gasteiger partial charge in [0.1, 0.15) is 5.60 Å². The number of hydrogen-bond donors (Lipinski definition) is 1. The van der Waals surface area contributed by atoms with Crippen molar-refractivity contribution in [2.24, 2.45) is 4.99 Å². The first kappa shape index (κ1) is 18.5. The molecule has 0 radical (unpaired) electrons. The number of nitrogens with one attached hydrogen (secondary N) is 1. The van der Waals surface area contributed by atoms with Crippen LogP contribution in [0, 0.1) is 0 Å². The molecular weight excluding hydrogens is 322 g/mol. The van der Waals surface area contributed by atoms with E-state index in [0.717, 1.165) is 5.69 Å². The first-order valence-electron chi connectivity index (χ1n) is 8.06. The van der Waals surface area contributed by atoms with E-state index < -0.39 is 17.7 Å². The number of para-hydroxylation sites is 1. The molecule has 0 saturated carbocycles. The van der Waals surface area contributed by atoms with Crippen LogP contribution in [-0.4, -0.2) is 41.7 Å². The Morgan fingerprint density at radius 1 is 1.24 bits per heavy atom. The van der Waals surface area contributed by atoms with E-state index in [1.54, 1.807) is 27.7 Å². The average Bonchev–Trinajstić information content (AvgIpc) is 2.54. The van der Waals surface area contributed by atoms with E-state index in [4.69, 9.17) is 9.47 Å². The fraction of sp³-hybridized carbons (Fsp3) is 0.389. The molecule has 0 saturated heterocycles. The maximum Gasteiger partial charge on any atom is 0.417 e. The molecule has 134 valence electrons. The lowest BCUT2D eigenvalue weighted by Gasteiger charge is -2.30. The normalized spacial score (nSPS) is 14.3. The summed E-state index contributed by atoms with van der Waals surface area (Å²) in [6.07, 6.45) is 0.814. The Labute approximate surface area is 147 Å². The highest BCUT2D eigenvalue weighted by Crippen LogP contribution is 2.17. The van der Waals surface area contributed by atoms with Crippen LogP contribution < -0.4 is 5.32 Å². The lowest BCUT2D eigenvalue weighted by atomic mass is 10.2. The molecule has 1 aliphatic heterocycles. The van der Waals surface area contributed by atoms with Crippen molar-refractivity contribution < 1.29 is 19.1 Å². The highest BCUT2D eigenvalue weighted by atomic mass is 16.6. The standard InChI is InChI=1S/C18H23N3O4/c1-5-24-15(22)13-11-19-16(20-14-9-7-6-8-10-14)21(12-13)17(23)25-18(2,3)4/h6-11H,5,12H2,1-4H3,(H,19,20). The molecule has 0 unspecified atom stereocenters. The minimum absolute atomic E-state index is 0.0203. The van der Waals surface area contributed by atoms with Crippen LogP contribution in [0.25, 0.3) is 0 Å². The summed E-state index contributed by atoms with van der Waals surface area (Å²) in [5.41, 5.74) is 0.384. The Kier molecular flexibility index (Phi) is 5.80. The van der Waals surface area contributed by atoms with Crippen molar-refractivity contribution in [2.75, 3.05) is 18.5 Å². The molecule has 1 heterocycles. The number of benzene rings is 1. The molecule has 1 N–H and O–H groups in total. The topological polar surface area (TPSA) is 80.2 Å². The molecule has 0 aliphatic carbocycles. The predicted octanol–water partition coefficient (Wildman–Crippen LogP) is 3.15. The fourth-order valence-electron chi connectivity index (χ4n) is 2.05. The van der Waals surface area contributed by atoms with Crippen molar-refractivity contribution in [1.29, 1.82) is 0 Å². The highest BCUT2D eigenvalue weighted by Gasteiger charge is 2.31. The quantitative estimate of drug-likeness (QED) is 0.851. The van der Waals surface area contributed by atoms with E-state index in [2.05, 4.69) is 10.3 Å². The second-order valence-electron chi connectivity index (χ2n) is 6.39. The second kappa shape index (κ2) is 7.83. The number of aliphatic imine (C=N–C) groups is 1. The third-order valence-electron chi connectivity index (χ3n) is 3.11. The van der Waals surface area contributed by atoms with Crippen LogP contribution in [0.3, 0.4) is 0 Å². The Balaban J connectivity index is 2.26. The van der Waals surface area contributed by atoms with E-state index in [1.165, 1.54) is 11.1 Å². The van der Waals surface area contributed by atoms with E-state index in [9.17, 15) is 9.59 Å². The molecule has 1 amide bonds.